The van der Waals surface area contributed by atoms with Crippen LogP contribution in [-0.4, -0.2) is 9.59 Å². The fourth-order valence-electron chi connectivity index (χ4n) is 2.14. The van der Waals surface area contributed by atoms with Gasteiger partial charge in [0, 0.05) is 10.4 Å². The Morgan fingerprint density at radius 1 is 1.30 bits per heavy atom. The molecule has 2 aromatic heterocycles. The summed E-state index contributed by atoms with van der Waals surface area (Å²) >= 11 is 7.30. The third-order valence-electron chi connectivity index (χ3n) is 3.17. The minimum Gasteiger partial charge on any atom is -0.459 e. The molecule has 1 atom stereocenters. The van der Waals surface area contributed by atoms with E-state index in [2.05, 4.69) is 23.4 Å². The molecule has 0 saturated carbocycles. The maximum atomic E-state index is 6.30. The molecule has 0 aliphatic heterocycles. The molecule has 3 rings (SSSR count). The highest BCUT2D eigenvalue weighted by Crippen LogP contribution is 2.32. The predicted octanol–water partition coefficient (Wildman–Crippen LogP) is 4.11. The van der Waals surface area contributed by atoms with Crippen LogP contribution in [-0.2, 0) is 0 Å². The first-order valence-corrected chi connectivity index (χ1v) is 7.48. The first-order valence-electron chi connectivity index (χ1n) is 6.33. The molecule has 1 aromatic carbocycles. The van der Waals surface area contributed by atoms with Crippen molar-refractivity contribution in [2.75, 3.05) is 0 Å². The van der Waals surface area contributed by atoms with E-state index in [9.17, 15) is 0 Å². The van der Waals surface area contributed by atoms with Gasteiger partial charge in [-0.25, -0.2) is 0 Å². The van der Waals surface area contributed by atoms with E-state index in [1.165, 1.54) is 11.5 Å². The summed E-state index contributed by atoms with van der Waals surface area (Å²) in [5, 5.41) is 5.79. The number of hydrogen-bond acceptors (Lipinski definition) is 5. The second kappa shape index (κ2) is 5.16. The summed E-state index contributed by atoms with van der Waals surface area (Å²) in [6, 6.07) is 7.10. The summed E-state index contributed by atoms with van der Waals surface area (Å²) < 4.78 is 9.82. The van der Waals surface area contributed by atoms with Gasteiger partial charge in [-0.05, 0) is 41.7 Å². The van der Waals surface area contributed by atoms with Crippen molar-refractivity contribution in [3.63, 3.8) is 0 Å². The lowest BCUT2D eigenvalue weighted by molar-refractivity contribution is 0.525. The van der Waals surface area contributed by atoms with Crippen LogP contribution >= 0.6 is 23.1 Å². The molecule has 0 aliphatic rings. The molecule has 20 heavy (non-hydrogen) atoms. The Balaban J connectivity index is 2.03. The zero-order chi connectivity index (χ0) is 14.3. The summed E-state index contributed by atoms with van der Waals surface area (Å²) in [5.41, 5.74) is 8.02. The Morgan fingerprint density at radius 3 is 2.85 bits per heavy atom. The Hall–Kier alpha value is -1.43. The molecule has 0 bridgehead atoms. The number of rotatable bonds is 3. The maximum Gasteiger partial charge on any atom is 0.134 e. The zero-order valence-electron chi connectivity index (χ0n) is 11.1. The molecule has 1 unspecified atom stereocenters. The average molecular weight is 308 g/mol. The third kappa shape index (κ3) is 2.32. The van der Waals surface area contributed by atoms with Crippen LogP contribution in [0.3, 0.4) is 0 Å². The minimum absolute atomic E-state index is 0.286. The van der Waals surface area contributed by atoms with Crippen LogP contribution < -0.4 is 5.73 Å². The molecule has 3 aromatic rings. The van der Waals surface area contributed by atoms with Crippen LogP contribution in [0, 0.1) is 0 Å². The standard InChI is InChI=1S/C14H14ClN3OS/c1-7(2)13-14(20-18-17-13)12(16)11-6-8-5-9(15)3-4-10(8)19-11/h3-7,12H,16H2,1-2H3. The number of halogens is 1. The second-order valence-corrected chi connectivity index (χ2v) is 6.21. The van der Waals surface area contributed by atoms with Gasteiger partial charge >= 0.3 is 0 Å². The van der Waals surface area contributed by atoms with Crippen molar-refractivity contribution in [3.05, 3.63) is 45.6 Å². The molecule has 0 spiro atoms. The van der Waals surface area contributed by atoms with E-state index in [1.807, 2.05) is 18.2 Å². The number of furan rings is 1. The van der Waals surface area contributed by atoms with Crippen molar-refractivity contribution in [1.29, 1.82) is 0 Å². The molecule has 0 amide bonds. The van der Waals surface area contributed by atoms with Gasteiger partial charge in [0.1, 0.15) is 17.4 Å². The van der Waals surface area contributed by atoms with Gasteiger partial charge in [0.05, 0.1) is 10.6 Å². The molecule has 2 N–H and O–H groups in total. The SMILES string of the molecule is CC(C)c1nnsc1C(N)c1cc2cc(Cl)ccc2o1. The van der Waals surface area contributed by atoms with Crippen molar-refractivity contribution in [3.8, 4) is 0 Å². The Bertz CT molecular complexity index is 750. The van der Waals surface area contributed by atoms with E-state index in [0.29, 0.717) is 10.8 Å². The Morgan fingerprint density at radius 2 is 2.10 bits per heavy atom. The maximum absolute atomic E-state index is 6.30. The monoisotopic (exact) mass is 307 g/mol. The predicted molar refractivity (Wildman–Crippen MR) is 81.3 cm³/mol. The molecular formula is C14H14ClN3OS. The van der Waals surface area contributed by atoms with Crippen LogP contribution in [0.1, 0.15) is 42.1 Å². The third-order valence-corrected chi connectivity index (χ3v) is 4.23. The minimum atomic E-state index is -0.349. The van der Waals surface area contributed by atoms with Gasteiger partial charge in [-0.1, -0.05) is 29.9 Å². The van der Waals surface area contributed by atoms with Crippen LogP contribution in [0.2, 0.25) is 5.02 Å². The summed E-state index contributed by atoms with van der Waals surface area (Å²) in [6.07, 6.45) is 0. The summed E-state index contributed by atoms with van der Waals surface area (Å²) in [7, 11) is 0. The van der Waals surface area contributed by atoms with Gasteiger partial charge in [0.2, 0.25) is 0 Å². The Kier molecular flexibility index (Phi) is 3.50. The first kappa shape index (κ1) is 13.5. The van der Waals surface area contributed by atoms with Gasteiger partial charge in [0.25, 0.3) is 0 Å². The number of benzene rings is 1. The highest BCUT2D eigenvalue weighted by atomic mass is 35.5. The van der Waals surface area contributed by atoms with Gasteiger partial charge in [0.15, 0.2) is 0 Å². The lowest BCUT2D eigenvalue weighted by Crippen LogP contribution is -2.12. The fraction of sp³-hybridized carbons (Fsp3) is 0.286. The molecular weight excluding hydrogens is 294 g/mol. The molecule has 104 valence electrons. The Labute approximate surface area is 125 Å². The molecule has 2 heterocycles. The molecule has 0 aliphatic carbocycles. The molecule has 4 nitrogen and oxygen atoms in total. The number of aromatic nitrogens is 2. The van der Waals surface area contributed by atoms with Crippen LogP contribution in [0.25, 0.3) is 11.0 Å². The number of nitrogens with two attached hydrogens (primary N) is 1. The van der Waals surface area contributed by atoms with Gasteiger partial charge in [-0.2, -0.15) is 0 Å². The van der Waals surface area contributed by atoms with Crippen molar-refractivity contribution < 1.29 is 4.42 Å². The largest absolute Gasteiger partial charge is 0.459 e. The fourth-order valence-corrected chi connectivity index (χ4v) is 3.13. The smallest absolute Gasteiger partial charge is 0.134 e. The van der Waals surface area contributed by atoms with Gasteiger partial charge < -0.3 is 10.2 Å². The first-order chi connectivity index (χ1) is 9.56. The van der Waals surface area contributed by atoms with Gasteiger partial charge in [-0.15, -0.1) is 5.10 Å². The highest BCUT2D eigenvalue weighted by molar-refractivity contribution is 7.05. The average Bonchev–Trinajstić information content (AvgIpc) is 3.03. The van der Waals surface area contributed by atoms with Crippen LogP contribution in [0.4, 0.5) is 0 Å². The van der Waals surface area contributed by atoms with Crippen molar-refractivity contribution in [2.24, 2.45) is 5.73 Å². The van der Waals surface area contributed by atoms with E-state index in [1.54, 1.807) is 6.07 Å². The van der Waals surface area contributed by atoms with Crippen molar-refractivity contribution >= 4 is 34.1 Å². The highest BCUT2D eigenvalue weighted by Gasteiger charge is 2.22. The molecule has 0 saturated heterocycles. The molecule has 0 fully saturated rings. The lowest BCUT2D eigenvalue weighted by atomic mass is 10.1. The van der Waals surface area contributed by atoms with Crippen molar-refractivity contribution in [2.45, 2.75) is 25.8 Å². The lowest BCUT2D eigenvalue weighted by Gasteiger charge is -2.09. The van der Waals surface area contributed by atoms with E-state index in [4.69, 9.17) is 21.8 Å². The van der Waals surface area contributed by atoms with Gasteiger partial charge in [-0.3, -0.25) is 0 Å². The molecule has 6 heteroatoms. The van der Waals surface area contributed by atoms with Crippen LogP contribution in [0.15, 0.2) is 28.7 Å². The summed E-state index contributed by atoms with van der Waals surface area (Å²) in [6.45, 7) is 4.15. The normalized spacial score (nSPS) is 13.2. The number of hydrogen-bond donors (Lipinski definition) is 1. The second-order valence-electron chi connectivity index (χ2n) is 4.99. The number of fused-ring (bicyclic) bond motifs is 1. The topological polar surface area (TPSA) is 64.9 Å². The quantitative estimate of drug-likeness (QED) is 0.791. The molecule has 0 radical (unpaired) electrons. The number of nitrogens with zero attached hydrogens (tertiary/aromatic N) is 2. The zero-order valence-corrected chi connectivity index (χ0v) is 12.7. The van der Waals surface area contributed by atoms with Crippen molar-refractivity contribution in [1.82, 2.24) is 9.59 Å². The van der Waals surface area contributed by atoms with E-state index < -0.39 is 0 Å². The summed E-state index contributed by atoms with van der Waals surface area (Å²) in [5.74, 6) is 0.990. The van der Waals surface area contributed by atoms with E-state index >= 15 is 0 Å². The summed E-state index contributed by atoms with van der Waals surface area (Å²) in [4.78, 5) is 0.949. The van der Waals surface area contributed by atoms with E-state index in [0.717, 1.165) is 21.5 Å². The van der Waals surface area contributed by atoms with Crippen LogP contribution in [0.5, 0.6) is 0 Å². The van der Waals surface area contributed by atoms with E-state index in [-0.39, 0.29) is 12.0 Å².